The summed E-state index contributed by atoms with van der Waals surface area (Å²) in [4.78, 5) is 38.0. The van der Waals surface area contributed by atoms with Crippen molar-refractivity contribution < 1.29 is 9.53 Å². The summed E-state index contributed by atoms with van der Waals surface area (Å²) in [6.45, 7) is 4.26. The average Bonchev–Trinajstić information content (AvgIpc) is 2.54. The molecule has 0 aliphatic rings. The van der Waals surface area contributed by atoms with Crippen molar-refractivity contribution in [3.8, 4) is 0 Å². The molecule has 1 amide bonds. The second-order valence-corrected chi connectivity index (χ2v) is 6.41. The van der Waals surface area contributed by atoms with E-state index in [9.17, 15) is 14.4 Å². The second kappa shape index (κ2) is 7.96. The Balaban J connectivity index is 2.20. The molecule has 1 aromatic heterocycles. The first kappa shape index (κ1) is 18.0. The van der Waals surface area contributed by atoms with Crippen LogP contribution in [0.4, 0.5) is 10.6 Å². The number of nitrogens with zero attached hydrogens (tertiary/aromatic N) is 1. The zero-order valence-electron chi connectivity index (χ0n) is 13.3. The number of aromatic amines is 1. The molecule has 2 N–H and O–H groups in total. The van der Waals surface area contributed by atoms with Gasteiger partial charge in [0, 0.05) is 6.54 Å². The number of anilines is 1. The van der Waals surface area contributed by atoms with Crippen LogP contribution in [0.1, 0.15) is 19.4 Å². The van der Waals surface area contributed by atoms with Gasteiger partial charge in [-0.3, -0.25) is 19.7 Å². The van der Waals surface area contributed by atoms with Gasteiger partial charge in [-0.25, -0.2) is 9.59 Å². The van der Waals surface area contributed by atoms with Gasteiger partial charge in [0.05, 0.1) is 0 Å². The van der Waals surface area contributed by atoms with Crippen LogP contribution in [-0.2, 0) is 17.9 Å². The first-order valence-electron chi connectivity index (χ1n) is 7.38. The highest BCUT2D eigenvalue weighted by atomic mass is 79.9. The van der Waals surface area contributed by atoms with Crippen LogP contribution in [0.2, 0.25) is 0 Å². The molecule has 0 saturated heterocycles. The van der Waals surface area contributed by atoms with E-state index < -0.39 is 17.3 Å². The van der Waals surface area contributed by atoms with E-state index in [4.69, 9.17) is 4.74 Å². The van der Waals surface area contributed by atoms with Crippen molar-refractivity contribution >= 4 is 27.8 Å². The third kappa shape index (κ3) is 4.58. The molecule has 0 atom stereocenters. The highest BCUT2D eigenvalue weighted by molar-refractivity contribution is 9.10. The topological polar surface area (TPSA) is 93.2 Å². The second-order valence-electron chi connectivity index (χ2n) is 5.61. The fraction of sp³-hybridized carbons (Fsp3) is 0.312. The Morgan fingerprint density at radius 3 is 2.58 bits per heavy atom. The van der Waals surface area contributed by atoms with Crippen LogP contribution < -0.4 is 16.6 Å². The van der Waals surface area contributed by atoms with Crippen molar-refractivity contribution in [2.24, 2.45) is 5.92 Å². The van der Waals surface area contributed by atoms with E-state index in [1.165, 1.54) is 4.57 Å². The van der Waals surface area contributed by atoms with Crippen molar-refractivity contribution in [1.82, 2.24) is 9.55 Å². The number of ether oxygens (including phenoxy) is 1. The first-order valence-corrected chi connectivity index (χ1v) is 8.18. The largest absolute Gasteiger partial charge is 0.444 e. The first-order chi connectivity index (χ1) is 11.4. The van der Waals surface area contributed by atoms with Crippen LogP contribution in [0.15, 0.2) is 44.4 Å². The van der Waals surface area contributed by atoms with E-state index in [1.54, 1.807) is 0 Å². The maximum atomic E-state index is 12.0. The molecule has 1 aromatic carbocycles. The number of hydrogen-bond donors (Lipinski definition) is 2. The van der Waals surface area contributed by atoms with Gasteiger partial charge in [-0.1, -0.05) is 44.2 Å². The Hall–Kier alpha value is -2.35. The number of halogens is 1. The predicted octanol–water partition coefficient (Wildman–Crippen LogP) is 2.70. The van der Waals surface area contributed by atoms with Crippen LogP contribution in [0.5, 0.6) is 0 Å². The fourth-order valence-electron chi connectivity index (χ4n) is 2.06. The number of amides is 1. The van der Waals surface area contributed by atoms with Gasteiger partial charge in [0.25, 0.3) is 5.56 Å². The minimum absolute atomic E-state index is 0.0689. The van der Waals surface area contributed by atoms with E-state index in [0.29, 0.717) is 6.54 Å². The molecule has 1 heterocycles. The third-order valence-electron chi connectivity index (χ3n) is 3.12. The maximum absolute atomic E-state index is 12.0. The number of benzene rings is 1. The van der Waals surface area contributed by atoms with Gasteiger partial charge in [-0.05, 0) is 27.4 Å². The normalized spacial score (nSPS) is 10.7. The zero-order valence-corrected chi connectivity index (χ0v) is 14.9. The van der Waals surface area contributed by atoms with Crippen molar-refractivity contribution in [3.63, 3.8) is 0 Å². The Bertz CT molecular complexity index is 827. The molecule has 0 spiro atoms. The molecule has 0 aliphatic heterocycles. The van der Waals surface area contributed by atoms with Gasteiger partial charge >= 0.3 is 11.8 Å². The van der Waals surface area contributed by atoms with Gasteiger partial charge in [-0.2, -0.15) is 0 Å². The molecule has 0 radical (unpaired) electrons. The Kier molecular flexibility index (Phi) is 5.97. The molecule has 128 valence electrons. The summed E-state index contributed by atoms with van der Waals surface area (Å²) >= 11 is 3.11. The van der Waals surface area contributed by atoms with Crippen LogP contribution in [-0.4, -0.2) is 15.6 Å². The molecule has 0 aliphatic carbocycles. The van der Waals surface area contributed by atoms with Gasteiger partial charge in [-0.15, -0.1) is 0 Å². The van der Waals surface area contributed by atoms with E-state index in [1.807, 2.05) is 44.2 Å². The summed E-state index contributed by atoms with van der Waals surface area (Å²) in [5, 5.41) is 2.47. The zero-order chi connectivity index (χ0) is 17.7. The van der Waals surface area contributed by atoms with E-state index in [-0.39, 0.29) is 22.8 Å². The molecule has 0 unspecified atom stereocenters. The van der Waals surface area contributed by atoms with Crippen LogP contribution in [0, 0.1) is 5.92 Å². The lowest BCUT2D eigenvalue weighted by Gasteiger charge is -2.16. The number of carbonyl (C=O) groups is 1. The Labute approximate surface area is 146 Å². The number of rotatable bonds is 5. The Morgan fingerprint density at radius 1 is 1.29 bits per heavy atom. The van der Waals surface area contributed by atoms with Crippen LogP contribution in [0.25, 0.3) is 0 Å². The molecule has 7 nitrogen and oxygen atoms in total. The van der Waals surface area contributed by atoms with Crippen molar-refractivity contribution in [2.45, 2.75) is 27.0 Å². The molecule has 2 rings (SSSR count). The molecular weight excluding hydrogens is 378 g/mol. The van der Waals surface area contributed by atoms with E-state index in [0.717, 1.165) is 5.56 Å². The summed E-state index contributed by atoms with van der Waals surface area (Å²) in [7, 11) is 0. The van der Waals surface area contributed by atoms with Crippen molar-refractivity contribution in [2.75, 3.05) is 5.32 Å². The van der Waals surface area contributed by atoms with Crippen LogP contribution >= 0.6 is 15.9 Å². The van der Waals surface area contributed by atoms with Gasteiger partial charge < -0.3 is 4.74 Å². The van der Waals surface area contributed by atoms with Gasteiger partial charge in [0.2, 0.25) is 0 Å². The lowest BCUT2D eigenvalue weighted by molar-refractivity contribution is 0.155. The summed E-state index contributed by atoms with van der Waals surface area (Å²) in [6.07, 6.45) is -0.748. The van der Waals surface area contributed by atoms with E-state index >= 15 is 0 Å². The smallest absolute Gasteiger partial charge is 0.413 e. The summed E-state index contributed by atoms with van der Waals surface area (Å²) in [5.74, 6) is 0.219. The SMILES string of the molecule is CC(C)Cn1c(NC(=O)OCc2ccccc2)c(Br)c(=O)[nH]c1=O. The minimum Gasteiger partial charge on any atom is -0.444 e. The van der Waals surface area contributed by atoms with Gasteiger partial charge in [0.1, 0.15) is 16.9 Å². The molecular formula is C16H18BrN3O4. The van der Waals surface area contributed by atoms with E-state index in [2.05, 4.69) is 26.2 Å². The lowest BCUT2D eigenvalue weighted by atomic mass is 10.2. The summed E-state index contributed by atoms with van der Waals surface area (Å²) in [5.41, 5.74) is -0.370. The highest BCUT2D eigenvalue weighted by Gasteiger charge is 2.17. The standard InChI is InChI=1S/C16H18BrN3O4/c1-10(2)8-20-13(12(17)14(21)19-15(20)22)18-16(23)24-9-11-6-4-3-5-7-11/h3-7,10H,8-9H2,1-2H3,(H,18,23)(H,19,21,22). The maximum Gasteiger partial charge on any atom is 0.413 e. The third-order valence-corrected chi connectivity index (χ3v) is 3.86. The minimum atomic E-state index is -0.748. The van der Waals surface area contributed by atoms with Crippen molar-refractivity contribution in [3.05, 3.63) is 61.2 Å². The monoisotopic (exact) mass is 395 g/mol. The summed E-state index contributed by atoms with van der Waals surface area (Å²) in [6, 6.07) is 9.19. The Morgan fingerprint density at radius 2 is 1.96 bits per heavy atom. The molecule has 2 aromatic rings. The molecule has 0 bridgehead atoms. The number of nitrogens with one attached hydrogen (secondary N) is 2. The number of H-pyrrole nitrogens is 1. The lowest BCUT2D eigenvalue weighted by Crippen LogP contribution is -2.35. The number of hydrogen-bond acceptors (Lipinski definition) is 4. The number of aromatic nitrogens is 2. The molecule has 0 saturated carbocycles. The average molecular weight is 396 g/mol. The van der Waals surface area contributed by atoms with Crippen LogP contribution in [0.3, 0.4) is 0 Å². The molecule has 0 fully saturated rings. The molecule has 24 heavy (non-hydrogen) atoms. The number of carbonyl (C=O) groups excluding carboxylic acids is 1. The summed E-state index contributed by atoms with van der Waals surface area (Å²) < 4.78 is 6.49. The predicted molar refractivity (Wildman–Crippen MR) is 94.1 cm³/mol. The quantitative estimate of drug-likeness (QED) is 0.813. The highest BCUT2D eigenvalue weighted by Crippen LogP contribution is 2.17. The molecule has 8 heteroatoms. The van der Waals surface area contributed by atoms with Crippen molar-refractivity contribution in [1.29, 1.82) is 0 Å². The van der Waals surface area contributed by atoms with Gasteiger partial charge in [0.15, 0.2) is 0 Å². The fourth-order valence-corrected chi connectivity index (χ4v) is 2.48.